The number of rotatable bonds is 5. The van der Waals surface area contributed by atoms with Crippen LogP contribution in [-0.4, -0.2) is 39.3 Å². The third kappa shape index (κ3) is 4.74. The number of hydrogen-bond donors (Lipinski definition) is 2. The van der Waals surface area contributed by atoms with Crippen LogP contribution in [0.2, 0.25) is 0 Å². The fourth-order valence-corrected chi connectivity index (χ4v) is 2.61. The molecule has 1 saturated heterocycles. The average Bonchev–Trinajstić information content (AvgIpc) is 2.39. The van der Waals surface area contributed by atoms with Crippen LogP contribution in [0.5, 0.6) is 0 Å². The van der Waals surface area contributed by atoms with Crippen LogP contribution in [0.3, 0.4) is 0 Å². The molecular formula is C17H27N3O. The molecule has 0 unspecified atom stereocenters. The van der Waals surface area contributed by atoms with Gasteiger partial charge in [0.2, 0.25) is 0 Å². The largest absolute Gasteiger partial charge is 0.380 e. The van der Waals surface area contributed by atoms with Gasteiger partial charge in [-0.3, -0.25) is 4.99 Å². The highest BCUT2D eigenvalue weighted by atomic mass is 16.5. The van der Waals surface area contributed by atoms with Gasteiger partial charge in [0.15, 0.2) is 5.96 Å². The Kier molecular flexibility index (Phi) is 5.23. The molecule has 1 aromatic rings. The Hall–Kier alpha value is -1.55. The van der Waals surface area contributed by atoms with Crippen LogP contribution in [0, 0.1) is 19.3 Å². The first-order valence-corrected chi connectivity index (χ1v) is 7.60. The van der Waals surface area contributed by atoms with Crippen molar-refractivity contribution in [1.29, 1.82) is 0 Å². The van der Waals surface area contributed by atoms with E-state index >= 15 is 0 Å². The van der Waals surface area contributed by atoms with Gasteiger partial charge in [0, 0.05) is 25.6 Å². The van der Waals surface area contributed by atoms with E-state index < -0.39 is 0 Å². The minimum atomic E-state index is 0.255. The molecule has 0 aliphatic carbocycles. The SMILES string of the molecule is CN=C(NCCc1cc(C)cc(C)c1)NCC1(C)COC1. The van der Waals surface area contributed by atoms with Crippen molar-refractivity contribution in [1.82, 2.24) is 10.6 Å². The summed E-state index contributed by atoms with van der Waals surface area (Å²) in [5, 5.41) is 6.76. The molecule has 0 aromatic heterocycles. The Balaban J connectivity index is 1.75. The molecule has 0 amide bonds. The van der Waals surface area contributed by atoms with Crippen LogP contribution >= 0.6 is 0 Å². The van der Waals surface area contributed by atoms with E-state index in [2.05, 4.69) is 54.6 Å². The van der Waals surface area contributed by atoms with E-state index in [1.165, 1.54) is 16.7 Å². The lowest BCUT2D eigenvalue weighted by Gasteiger charge is -2.38. The second-order valence-corrected chi connectivity index (χ2v) is 6.40. The Morgan fingerprint density at radius 3 is 2.38 bits per heavy atom. The minimum Gasteiger partial charge on any atom is -0.380 e. The molecule has 0 atom stereocenters. The molecular weight excluding hydrogens is 262 g/mol. The number of ether oxygens (including phenoxy) is 1. The molecule has 1 fully saturated rings. The van der Waals surface area contributed by atoms with Gasteiger partial charge in [-0.25, -0.2) is 0 Å². The van der Waals surface area contributed by atoms with Gasteiger partial charge < -0.3 is 15.4 Å². The lowest BCUT2D eigenvalue weighted by Crippen LogP contribution is -2.51. The fraction of sp³-hybridized carbons (Fsp3) is 0.588. The van der Waals surface area contributed by atoms with Crippen LogP contribution in [0.25, 0.3) is 0 Å². The summed E-state index contributed by atoms with van der Waals surface area (Å²) in [6, 6.07) is 6.70. The number of hydrogen-bond acceptors (Lipinski definition) is 2. The number of aryl methyl sites for hydroxylation is 2. The zero-order chi connectivity index (χ0) is 15.3. The van der Waals surface area contributed by atoms with Crippen molar-refractivity contribution in [3.63, 3.8) is 0 Å². The topological polar surface area (TPSA) is 45.7 Å². The van der Waals surface area contributed by atoms with Gasteiger partial charge in [0.05, 0.1) is 13.2 Å². The monoisotopic (exact) mass is 289 g/mol. The molecule has 0 bridgehead atoms. The maximum atomic E-state index is 5.26. The van der Waals surface area contributed by atoms with Crippen molar-refractivity contribution in [3.05, 3.63) is 34.9 Å². The second-order valence-electron chi connectivity index (χ2n) is 6.40. The molecule has 0 spiro atoms. The van der Waals surface area contributed by atoms with E-state index in [0.717, 1.165) is 38.7 Å². The third-order valence-electron chi connectivity index (χ3n) is 3.79. The molecule has 1 aromatic carbocycles. The first-order chi connectivity index (χ1) is 10.0. The van der Waals surface area contributed by atoms with Crippen molar-refractivity contribution in [3.8, 4) is 0 Å². The highest BCUT2D eigenvalue weighted by Crippen LogP contribution is 2.24. The van der Waals surface area contributed by atoms with Crippen LogP contribution < -0.4 is 10.6 Å². The molecule has 1 aliphatic heterocycles. The van der Waals surface area contributed by atoms with Gasteiger partial charge >= 0.3 is 0 Å². The lowest BCUT2D eigenvalue weighted by molar-refractivity contribution is -0.0971. The van der Waals surface area contributed by atoms with E-state index in [0.29, 0.717) is 0 Å². The fourth-order valence-electron chi connectivity index (χ4n) is 2.61. The summed E-state index contributed by atoms with van der Waals surface area (Å²) in [7, 11) is 1.81. The van der Waals surface area contributed by atoms with Crippen LogP contribution in [0.15, 0.2) is 23.2 Å². The van der Waals surface area contributed by atoms with E-state index in [1.54, 1.807) is 0 Å². The number of benzene rings is 1. The Labute approximate surface area is 128 Å². The van der Waals surface area contributed by atoms with Crippen LogP contribution in [0.1, 0.15) is 23.6 Å². The minimum absolute atomic E-state index is 0.255. The van der Waals surface area contributed by atoms with Gasteiger partial charge in [0.25, 0.3) is 0 Å². The van der Waals surface area contributed by atoms with Gasteiger partial charge in [-0.05, 0) is 25.8 Å². The smallest absolute Gasteiger partial charge is 0.191 e. The molecule has 4 nitrogen and oxygen atoms in total. The van der Waals surface area contributed by atoms with Crippen LogP contribution in [-0.2, 0) is 11.2 Å². The predicted octanol–water partition coefficient (Wildman–Crippen LogP) is 2.05. The van der Waals surface area contributed by atoms with Gasteiger partial charge in [0.1, 0.15) is 0 Å². The maximum Gasteiger partial charge on any atom is 0.191 e. The standard InChI is InChI=1S/C17H27N3O/c1-13-7-14(2)9-15(8-13)5-6-19-16(18-4)20-10-17(3)11-21-12-17/h7-9H,5-6,10-12H2,1-4H3,(H2,18,19,20). The normalized spacial score (nSPS) is 17.2. The molecule has 2 N–H and O–H groups in total. The molecule has 116 valence electrons. The number of nitrogens with zero attached hydrogens (tertiary/aromatic N) is 1. The molecule has 0 saturated carbocycles. The molecule has 21 heavy (non-hydrogen) atoms. The van der Waals surface area contributed by atoms with E-state index in [9.17, 15) is 0 Å². The maximum absolute atomic E-state index is 5.26. The molecule has 4 heteroatoms. The van der Waals surface area contributed by atoms with Gasteiger partial charge in [-0.1, -0.05) is 36.2 Å². The molecule has 2 rings (SSSR count). The number of nitrogens with one attached hydrogen (secondary N) is 2. The molecule has 1 aliphatic rings. The molecule has 1 heterocycles. The van der Waals surface area contributed by atoms with E-state index in [4.69, 9.17) is 4.74 Å². The van der Waals surface area contributed by atoms with Gasteiger partial charge in [-0.2, -0.15) is 0 Å². The Morgan fingerprint density at radius 1 is 1.19 bits per heavy atom. The molecule has 0 radical (unpaired) electrons. The van der Waals surface area contributed by atoms with Crippen molar-refractivity contribution in [2.24, 2.45) is 10.4 Å². The van der Waals surface area contributed by atoms with Gasteiger partial charge in [-0.15, -0.1) is 0 Å². The summed E-state index contributed by atoms with van der Waals surface area (Å²) >= 11 is 0. The summed E-state index contributed by atoms with van der Waals surface area (Å²) in [6.45, 7) is 9.97. The van der Waals surface area contributed by atoms with Crippen molar-refractivity contribution < 1.29 is 4.74 Å². The average molecular weight is 289 g/mol. The van der Waals surface area contributed by atoms with E-state index in [-0.39, 0.29) is 5.41 Å². The van der Waals surface area contributed by atoms with E-state index in [1.807, 2.05) is 7.05 Å². The zero-order valence-electron chi connectivity index (χ0n) is 13.6. The number of aliphatic imine (C=N–C) groups is 1. The zero-order valence-corrected chi connectivity index (χ0v) is 13.6. The van der Waals surface area contributed by atoms with Crippen molar-refractivity contribution >= 4 is 5.96 Å². The summed E-state index contributed by atoms with van der Waals surface area (Å²) < 4.78 is 5.26. The number of guanidine groups is 1. The predicted molar refractivity (Wildman–Crippen MR) is 87.9 cm³/mol. The lowest BCUT2D eigenvalue weighted by atomic mass is 9.89. The van der Waals surface area contributed by atoms with Crippen LogP contribution in [0.4, 0.5) is 0 Å². The summed E-state index contributed by atoms with van der Waals surface area (Å²) in [5.74, 6) is 0.868. The Bertz CT molecular complexity index is 487. The summed E-state index contributed by atoms with van der Waals surface area (Å²) in [5.41, 5.74) is 4.27. The Morgan fingerprint density at radius 2 is 1.86 bits per heavy atom. The van der Waals surface area contributed by atoms with Crippen molar-refractivity contribution in [2.45, 2.75) is 27.2 Å². The first kappa shape index (κ1) is 15.8. The summed E-state index contributed by atoms with van der Waals surface area (Å²) in [6.07, 6.45) is 1.00. The highest BCUT2D eigenvalue weighted by Gasteiger charge is 2.33. The summed E-state index contributed by atoms with van der Waals surface area (Å²) in [4.78, 5) is 4.27. The highest BCUT2D eigenvalue weighted by molar-refractivity contribution is 5.79. The first-order valence-electron chi connectivity index (χ1n) is 7.60. The third-order valence-corrected chi connectivity index (χ3v) is 3.79. The quantitative estimate of drug-likeness (QED) is 0.644. The second kappa shape index (κ2) is 6.94. The van der Waals surface area contributed by atoms with Crippen molar-refractivity contribution in [2.75, 3.05) is 33.4 Å².